The Hall–Kier alpha value is -3.28. The van der Waals surface area contributed by atoms with Crippen LogP contribution in [-0.4, -0.2) is 22.5 Å². The number of halogens is 1. The van der Waals surface area contributed by atoms with Crippen LogP contribution in [0.1, 0.15) is 5.56 Å². The second-order valence-corrected chi connectivity index (χ2v) is 5.29. The molecule has 0 saturated heterocycles. The molecule has 1 amide bonds. The molecule has 3 aromatic rings. The zero-order chi connectivity index (χ0) is 17.5. The first-order chi connectivity index (χ1) is 12.2. The first-order valence-corrected chi connectivity index (χ1v) is 7.72. The summed E-state index contributed by atoms with van der Waals surface area (Å²) < 4.78 is 18.1. The first-order valence-electron chi connectivity index (χ1n) is 7.72. The lowest BCUT2D eigenvalue weighted by atomic mass is 10.2. The number of pyridine rings is 2. The maximum atomic E-state index is 12.8. The van der Waals surface area contributed by atoms with E-state index >= 15 is 0 Å². The van der Waals surface area contributed by atoms with Crippen molar-refractivity contribution in [3.8, 4) is 17.1 Å². The van der Waals surface area contributed by atoms with Crippen molar-refractivity contribution in [2.75, 3.05) is 6.61 Å². The molecule has 0 bridgehead atoms. The van der Waals surface area contributed by atoms with Gasteiger partial charge in [-0.1, -0.05) is 12.1 Å². The van der Waals surface area contributed by atoms with E-state index in [2.05, 4.69) is 15.3 Å². The molecular weight excluding hydrogens is 321 g/mol. The molecule has 5 nitrogen and oxygen atoms in total. The van der Waals surface area contributed by atoms with Crippen LogP contribution in [0, 0.1) is 5.82 Å². The van der Waals surface area contributed by atoms with Crippen molar-refractivity contribution in [3.63, 3.8) is 0 Å². The minimum atomic E-state index is -0.349. The van der Waals surface area contributed by atoms with Gasteiger partial charge in [0.25, 0.3) is 5.91 Å². The van der Waals surface area contributed by atoms with Gasteiger partial charge in [-0.05, 0) is 48.0 Å². The predicted octanol–water partition coefficient (Wildman–Crippen LogP) is 2.98. The average molecular weight is 337 g/mol. The van der Waals surface area contributed by atoms with Crippen molar-refractivity contribution in [2.45, 2.75) is 6.54 Å². The van der Waals surface area contributed by atoms with Crippen molar-refractivity contribution in [2.24, 2.45) is 0 Å². The smallest absolute Gasteiger partial charge is 0.258 e. The lowest BCUT2D eigenvalue weighted by Crippen LogP contribution is -2.28. The molecule has 6 heteroatoms. The molecule has 0 atom stereocenters. The second-order valence-electron chi connectivity index (χ2n) is 5.29. The highest BCUT2D eigenvalue weighted by Crippen LogP contribution is 2.13. The number of rotatable bonds is 6. The molecule has 0 saturated carbocycles. The Kier molecular flexibility index (Phi) is 5.31. The van der Waals surface area contributed by atoms with Gasteiger partial charge in [-0.2, -0.15) is 0 Å². The van der Waals surface area contributed by atoms with Crippen molar-refractivity contribution >= 4 is 5.91 Å². The summed E-state index contributed by atoms with van der Waals surface area (Å²) in [5.41, 5.74) is 2.44. The molecule has 25 heavy (non-hydrogen) atoms. The first kappa shape index (κ1) is 16.6. The summed E-state index contributed by atoms with van der Waals surface area (Å²) in [5.74, 6) is -0.172. The zero-order valence-corrected chi connectivity index (χ0v) is 13.4. The standard InChI is InChI=1S/C19H16FN3O2/c20-15-5-7-16(8-6-15)25-13-19(24)23-12-14-4-9-18(22-11-14)17-3-1-2-10-21-17/h1-11H,12-13H2,(H,23,24). The van der Waals surface area contributed by atoms with Gasteiger partial charge in [0.15, 0.2) is 6.61 Å². The molecule has 0 spiro atoms. The monoisotopic (exact) mass is 337 g/mol. The highest BCUT2D eigenvalue weighted by atomic mass is 19.1. The van der Waals surface area contributed by atoms with Gasteiger partial charge in [0, 0.05) is 18.9 Å². The summed E-state index contributed by atoms with van der Waals surface area (Å²) in [6.07, 6.45) is 3.41. The van der Waals surface area contributed by atoms with E-state index in [1.54, 1.807) is 12.4 Å². The van der Waals surface area contributed by atoms with Crippen molar-refractivity contribution in [1.82, 2.24) is 15.3 Å². The molecular formula is C19H16FN3O2. The van der Waals surface area contributed by atoms with Crippen molar-refractivity contribution < 1.29 is 13.9 Å². The Balaban J connectivity index is 1.48. The van der Waals surface area contributed by atoms with Gasteiger partial charge >= 0.3 is 0 Å². The summed E-state index contributed by atoms with van der Waals surface area (Å²) >= 11 is 0. The van der Waals surface area contributed by atoms with Crippen LogP contribution in [-0.2, 0) is 11.3 Å². The highest BCUT2D eigenvalue weighted by molar-refractivity contribution is 5.77. The van der Waals surface area contributed by atoms with E-state index in [4.69, 9.17) is 4.74 Å². The second kappa shape index (κ2) is 8.01. The maximum absolute atomic E-state index is 12.8. The summed E-state index contributed by atoms with van der Waals surface area (Å²) in [6.45, 7) is 0.214. The third-order valence-electron chi connectivity index (χ3n) is 3.43. The zero-order valence-electron chi connectivity index (χ0n) is 13.4. The van der Waals surface area contributed by atoms with Crippen LogP contribution in [0.2, 0.25) is 0 Å². The Morgan fingerprint density at radius 3 is 2.48 bits per heavy atom. The highest BCUT2D eigenvalue weighted by Gasteiger charge is 2.04. The van der Waals surface area contributed by atoms with E-state index < -0.39 is 0 Å². The fraction of sp³-hybridized carbons (Fsp3) is 0.105. The summed E-state index contributed by atoms with van der Waals surface area (Å²) in [6, 6.07) is 14.9. The lowest BCUT2D eigenvalue weighted by Gasteiger charge is -2.08. The van der Waals surface area contributed by atoms with E-state index in [0.29, 0.717) is 12.3 Å². The number of aromatic nitrogens is 2. The molecule has 0 radical (unpaired) electrons. The van der Waals surface area contributed by atoms with Gasteiger partial charge in [0.2, 0.25) is 0 Å². The van der Waals surface area contributed by atoms with Gasteiger partial charge < -0.3 is 10.1 Å². The third kappa shape index (κ3) is 4.84. The molecule has 126 valence electrons. The fourth-order valence-electron chi connectivity index (χ4n) is 2.13. The molecule has 0 aliphatic heterocycles. The predicted molar refractivity (Wildman–Crippen MR) is 91.2 cm³/mol. The van der Waals surface area contributed by atoms with E-state index in [9.17, 15) is 9.18 Å². The van der Waals surface area contributed by atoms with Crippen LogP contribution in [0.25, 0.3) is 11.4 Å². The molecule has 2 aromatic heterocycles. The maximum Gasteiger partial charge on any atom is 0.258 e. The van der Waals surface area contributed by atoms with Gasteiger partial charge in [0.05, 0.1) is 11.4 Å². The van der Waals surface area contributed by atoms with Gasteiger partial charge in [-0.3, -0.25) is 14.8 Å². The van der Waals surface area contributed by atoms with E-state index in [-0.39, 0.29) is 18.3 Å². The van der Waals surface area contributed by atoms with E-state index in [0.717, 1.165) is 17.0 Å². The van der Waals surface area contributed by atoms with E-state index in [1.807, 2.05) is 30.3 Å². The van der Waals surface area contributed by atoms with Crippen LogP contribution in [0.3, 0.4) is 0 Å². The normalized spacial score (nSPS) is 10.3. The number of amides is 1. The number of hydrogen-bond donors (Lipinski definition) is 1. The Morgan fingerprint density at radius 1 is 1.00 bits per heavy atom. The molecule has 2 heterocycles. The van der Waals surface area contributed by atoms with Crippen molar-refractivity contribution in [1.29, 1.82) is 0 Å². The van der Waals surface area contributed by atoms with E-state index in [1.165, 1.54) is 24.3 Å². The number of nitrogens with zero attached hydrogens (tertiary/aromatic N) is 2. The molecule has 0 unspecified atom stereocenters. The Labute approximate surface area is 144 Å². The Morgan fingerprint density at radius 2 is 1.80 bits per heavy atom. The molecule has 1 aromatic carbocycles. The van der Waals surface area contributed by atoms with Crippen LogP contribution in [0.15, 0.2) is 67.0 Å². The molecule has 0 aliphatic carbocycles. The topological polar surface area (TPSA) is 64.1 Å². The van der Waals surface area contributed by atoms with Crippen molar-refractivity contribution in [3.05, 3.63) is 78.4 Å². The molecule has 0 fully saturated rings. The number of carbonyl (C=O) groups excluding carboxylic acids is 1. The Bertz CT molecular complexity index is 822. The van der Waals surface area contributed by atoms with Crippen LogP contribution in [0.5, 0.6) is 5.75 Å². The number of benzene rings is 1. The average Bonchev–Trinajstić information content (AvgIpc) is 2.67. The SMILES string of the molecule is O=C(COc1ccc(F)cc1)NCc1ccc(-c2ccccn2)nc1. The summed E-state index contributed by atoms with van der Waals surface area (Å²) in [5, 5.41) is 2.75. The molecule has 3 rings (SSSR count). The van der Waals surface area contributed by atoms with Crippen LogP contribution in [0.4, 0.5) is 4.39 Å². The number of ether oxygens (including phenoxy) is 1. The number of carbonyl (C=O) groups is 1. The summed E-state index contributed by atoms with van der Waals surface area (Å²) in [7, 11) is 0. The number of hydrogen-bond acceptors (Lipinski definition) is 4. The number of nitrogens with one attached hydrogen (secondary N) is 1. The summed E-state index contributed by atoms with van der Waals surface area (Å²) in [4.78, 5) is 20.4. The van der Waals surface area contributed by atoms with Crippen LogP contribution < -0.4 is 10.1 Å². The van der Waals surface area contributed by atoms with Gasteiger partial charge in [-0.25, -0.2) is 4.39 Å². The minimum Gasteiger partial charge on any atom is -0.484 e. The third-order valence-corrected chi connectivity index (χ3v) is 3.43. The molecule has 0 aliphatic rings. The lowest BCUT2D eigenvalue weighted by molar-refractivity contribution is -0.123. The minimum absolute atomic E-state index is 0.134. The van der Waals surface area contributed by atoms with Crippen LogP contribution >= 0.6 is 0 Å². The molecule has 1 N–H and O–H groups in total. The quantitative estimate of drug-likeness (QED) is 0.751. The van der Waals surface area contributed by atoms with Gasteiger partial charge in [0.1, 0.15) is 11.6 Å². The fourth-order valence-corrected chi connectivity index (χ4v) is 2.13. The van der Waals surface area contributed by atoms with Gasteiger partial charge in [-0.15, -0.1) is 0 Å². The largest absolute Gasteiger partial charge is 0.484 e.